The largest absolute Gasteiger partial charge is 0.325 e. The van der Waals surface area contributed by atoms with Crippen molar-refractivity contribution in [1.29, 1.82) is 0 Å². The number of nitrogens with zero attached hydrogens (tertiary/aromatic N) is 4. The van der Waals surface area contributed by atoms with Gasteiger partial charge in [0.15, 0.2) is 11.0 Å². The molecule has 28 heavy (non-hydrogen) atoms. The third kappa shape index (κ3) is 4.42. The highest BCUT2D eigenvalue weighted by Crippen LogP contribution is 2.28. The zero-order chi connectivity index (χ0) is 20.1. The van der Waals surface area contributed by atoms with Crippen LogP contribution >= 0.6 is 11.8 Å². The van der Waals surface area contributed by atoms with Gasteiger partial charge in [-0.3, -0.25) is 9.78 Å². The molecule has 0 fully saturated rings. The third-order valence-corrected chi connectivity index (χ3v) is 5.54. The first-order chi connectivity index (χ1) is 13.5. The molecule has 1 atom stereocenters. The second-order valence-corrected chi connectivity index (χ2v) is 8.09. The highest BCUT2D eigenvalue weighted by atomic mass is 32.2. The van der Waals surface area contributed by atoms with E-state index in [9.17, 15) is 4.79 Å². The predicted octanol–water partition coefficient (Wildman–Crippen LogP) is 4.60. The highest BCUT2D eigenvalue weighted by Gasteiger charge is 2.21. The average molecular weight is 396 g/mol. The fourth-order valence-electron chi connectivity index (χ4n) is 2.94. The van der Waals surface area contributed by atoms with Crippen molar-refractivity contribution in [2.24, 2.45) is 0 Å². The summed E-state index contributed by atoms with van der Waals surface area (Å²) in [4.78, 5) is 16.8. The SMILES string of the molecule is CCn1c(SC(C)C(=O)Nc2ccccc2C(C)C)nnc1-c1ccncc1. The minimum absolute atomic E-state index is 0.0470. The molecule has 7 heteroatoms. The molecule has 6 nitrogen and oxygen atoms in total. The highest BCUT2D eigenvalue weighted by molar-refractivity contribution is 8.00. The number of thioether (sulfide) groups is 1. The quantitative estimate of drug-likeness (QED) is 0.592. The van der Waals surface area contributed by atoms with Crippen molar-refractivity contribution < 1.29 is 4.79 Å². The van der Waals surface area contributed by atoms with E-state index < -0.39 is 0 Å². The van der Waals surface area contributed by atoms with Gasteiger partial charge in [0.1, 0.15) is 0 Å². The van der Waals surface area contributed by atoms with Crippen LogP contribution in [0.5, 0.6) is 0 Å². The minimum Gasteiger partial charge on any atom is -0.325 e. The number of para-hydroxylation sites is 1. The van der Waals surface area contributed by atoms with E-state index in [0.29, 0.717) is 5.92 Å². The molecule has 0 aliphatic carbocycles. The van der Waals surface area contributed by atoms with Crippen LogP contribution in [0.3, 0.4) is 0 Å². The number of carbonyl (C=O) groups excluding carboxylic acids is 1. The standard InChI is InChI=1S/C21H25N5OS/c1-5-26-19(16-10-12-22-13-11-16)24-25-21(26)28-15(4)20(27)23-18-9-7-6-8-17(18)14(2)3/h6-15H,5H2,1-4H3,(H,23,27). The number of nitrogens with one attached hydrogen (secondary N) is 1. The number of carbonyl (C=O) groups is 1. The van der Waals surface area contributed by atoms with Gasteiger partial charge in [-0.05, 0) is 43.5 Å². The summed E-state index contributed by atoms with van der Waals surface area (Å²) in [5, 5.41) is 12.1. The van der Waals surface area contributed by atoms with Crippen LogP contribution in [0.2, 0.25) is 0 Å². The number of benzene rings is 1. The monoisotopic (exact) mass is 395 g/mol. The molecular weight excluding hydrogens is 370 g/mol. The van der Waals surface area contributed by atoms with Gasteiger partial charge < -0.3 is 9.88 Å². The number of hydrogen-bond donors (Lipinski definition) is 1. The van der Waals surface area contributed by atoms with E-state index in [0.717, 1.165) is 34.3 Å². The van der Waals surface area contributed by atoms with E-state index in [-0.39, 0.29) is 11.2 Å². The Labute approximate surface area is 169 Å². The lowest BCUT2D eigenvalue weighted by Gasteiger charge is -2.16. The second kappa shape index (κ2) is 9.01. The zero-order valence-corrected chi connectivity index (χ0v) is 17.4. The van der Waals surface area contributed by atoms with E-state index in [1.807, 2.05) is 54.8 Å². The van der Waals surface area contributed by atoms with Gasteiger partial charge in [0.2, 0.25) is 5.91 Å². The van der Waals surface area contributed by atoms with Gasteiger partial charge in [-0.1, -0.05) is 43.8 Å². The summed E-state index contributed by atoms with van der Waals surface area (Å²) in [5.74, 6) is 1.07. The number of pyridine rings is 1. The van der Waals surface area contributed by atoms with Crippen LogP contribution in [-0.2, 0) is 11.3 Å². The number of hydrogen-bond acceptors (Lipinski definition) is 5. The van der Waals surface area contributed by atoms with E-state index in [1.54, 1.807) is 12.4 Å². The van der Waals surface area contributed by atoms with Crippen molar-refractivity contribution in [2.75, 3.05) is 5.32 Å². The summed E-state index contributed by atoms with van der Waals surface area (Å²) in [7, 11) is 0. The summed E-state index contributed by atoms with van der Waals surface area (Å²) < 4.78 is 2.02. The van der Waals surface area contributed by atoms with Crippen LogP contribution in [0.4, 0.5) is 5.69 Å². The normalized spacial score (nSPS) is 12.2. The Balaban J connectivity index is 1.76. The lowest BCUT2D eigenvalue weighted by molar-refractivity contribution is -0.115. The van der Waals surface area contributed by atoms with Gasteiger partial charge in [0, 0.05) is 30.2 Å². The first-order valence-electron chi connectivity index (χ1n) is 9.41. The van der Waals surface area contributed by atoms with Crippen LogP contribution in [-0.4, -0.2) is 30.9 Å². The average Bonchev–Trinajstić information content (AvgIpc) is 3.11. The fourth-order valence-corrected chi connectivity index (χ4v) is 3.85. The maximum atomic E-state index is 12.8. The Hall–Kier alpha value is -2.67. The van der Waals surface area contributed by atoms with Crippen molar-refractivity contribution in [3.05, 3.63) is 54.4 Å². The number of amides is 1. The molecule has 0 saturated carbocycles. The number of anilines is 1. The van der Waals surface area contributed by atoms with Crippen molar-refractivity contribution in [2.45, 2.75) is 50.6 Å². The molecule has 0 saturated heterocycles. The molecule has 1 aromatic carbocycles. The molecule has 2 heterocycles. The molecule has 0 bridgehead atoms. The lowest BCUT2D eigenvalue weighted by Crippen LogP contribution is -2.23. The topological polar surface area (TPSA) is 72.7 Å². The van der Waals surface area contributed by atoms with Crippen molar-refractivity contribution >= 4 is 23.4 Å². The molecule has 0 aliphatic heterocycles. The summed E-state index contributed by atoms with van der Waals surface area (Å²) in [6, 6.07) is 11.7. The summed E-state index contributed by atoms with van der Waals surface area (Å²) in [5.41, 5.74) is 2.95. The molecule has 3 aromatic rings. The van der Waals surface area contributed by atoms with E-state index in [2.05, 4.69) is 34.3 Å². The molecule has 0 radical (unpaired) electrons. The van der Waals surface area contributed by atoms with Gasteiger partial charge in [-0.2, -0.15) is 0 Å². The molecule has 1 N–H and O–H groups in total. The second-order valence-electron chi connectivity index (χ2n) is 6.78. The molecular formula is C21H25N5OS. The van der Waals surface area contributed by atoms with Gasteiger partial charge in [0.25, 0.3) is 0 Å². The molecule has 0 spiro atoms. The summed E-state index contributed by atoms with van der Waals surface area (Å²) in [6.07, 6.45) is 3.47. The molecule has 0 aliphatic rings. The molecule has 1 amide bonds. The Morgan fingerprint density at radius 1 is 1.11 bits per heavy atom. The zero-order valence-electron chi connectivity index (χ0n) is 16.6. The van der Waals surface area contributed by atoms with Crippen molar-refractivity contribution in [1.82, 2.24) is 19.7 Å². The maximum absolute atomic E-state index is 12.8. The first-order valence-corrected chi connectivity index (χ1v) is 10.3. The first kappa shape index (κ1) is 20.1. The maximum Gasteiger partial charge on any atom is 0.237 e. The van der Waals surface area contributed by atoms with Gasteiger partial charge in [-0.15, -0.1) is 10.2 Å². The van der Waals surface area contributed by atoms with Gasteiger partial charge in [-0.25, -0.2) is 0 Å². The Bertz CT molecular complexity index is 939. The van der Waals surface area contributed by atoms with E-state index in [4.69, 9.17) is 0 Å². The summed E-state index contributed by atoms with van der Waals surface area (Å²) in [6.45, 7) is 8.89. The van der Waals surface area contributed by atoms with Crippen LogP contribution in [0.15, 0.2) is 53.9 Å². The van der Waals surface area contributed by atoms with Crippen molar-refractivity contribution in [3.63, 3.8) is 0 Å². The minimum atomic E-state index is -0.306. The Morgan fingerprint density at radius 3 is 2.50 bits per heavy atom. The van der Waals surface area contributed by atoms with Gasteiger partial charge >= 0.3 is 0 Å². The Morgan fingerprint density at radius 2 is 1.82 bits per heavy atom. The fraction of sp³-hybridized carbons (Fsp3) is 0.333. The number of aromatic nitrogens is 4. The van der Waals surface area contributed by atoms with Crippen LogP contribution in [0.1, 0.15) is 39.2 Å². The van der Waals surface area contributed by atoms with Gasteiger partial charge in [0.05, 0.1) is 5.25 Å². The Kier molecular flexibility index (Phi) is 6.46. The van der Waals surface area contributed by atoms with E-state index >= 15 is 0 Å². The van der Waals surface area contributed by atoms with Crippen LogP contribution in [0.25, 0.3) is 11.4 Å². The third-order valence-electron chi connectivity index (χ3n) is 4.46. The van der Waals surface area contributed by atoms with E-state index in [1.165, 1.54) is 11.8 Å². The smallest absolute Gasteiger partial charge is 0.237 e. The summed E-state index contributed by atoms with van der Waals surface area (Å²) >= 11 is 1.41. The lowest BCUT2D eigenvalue weighted by atomic mass is 10.0. The molecule has 1 unspecified atom stereocenters. The molecule has 2 aromatic heterocycles. The van der Waals surface area contributed by atoms with Crippen molar-refractivity contribution in [3.8, 4) is 11.4 Å². The number of rotatable bonds is 7. The molecule has 146 valence electrons. The van der Waals surface area contributed by atoms with Crippen LogP contribution < -0.4 is 5.32 Å². The van der Waals surface area contributed by atoms with Crippen LogP contribution in [0, 0.1) is 0 Å². The predicted molar refractivity (Wildman–Crippen MR) is 113 cm³/mol. The molecule has 3 rings (SSSR count).